The Hall–Kier alpha value is -1.76. The maximum absolute atomic E-state index is 12.2. The van der Waals surface area contributed by atoms with Gasteiger partial charge in [0, 0.05) is 12.7 Å². The number of amides is 1. The summed E-state index contributed by atoms with van der Waals surface area (Å²) in [6.45, 7) is 2.88. The van der Waals surface area contributed by atoms with Crippen molar-refractivity contribution in [3.63, 3.8) is 0 Å². The molecule has 0 bridgehead atoms. The van der Waals surface area contributed by atoms with Crippen molar-refractivity contribution >= 4 is 5.91 Å². The number of halogens is 2. The molecule has 0 saturated carbocycles. The van der Waals surface area contributed by atoms with Gasteiger partial charge in [0.25, 0.3) is 12.3 Å². The van der Waals surface area contributed by atoms with Crippen LogP contribution in [0, 0.1) is 0 Å². The van der Waals surface area contributed by atoms with Crippen LogP contribution in [0.15, 0.2) is 18.3 Å². The minimum atomic E-state index is -2.63. The highest BCUT2D eigenvalue weighted by molar-refractivity contribution is 5.94. The largest absolute Gasteiger partial charge is 0.485 e. The zero-order valence-electron chi connectivity index (χ0n) is 12.1. The lowest BCUT2D eigenvalue weighted by molar-refractivity contribution is 0.0312. The van der Waals surface area contributed by atoms with Crippen LogP contribution in [0.2, 0.25) is 0 Å². The van der Waals surface area contributed by atoms with Crippen molar-refractivity contribution in [3.05, 3.63) is 24.0 Å². The number of nitrogens with zero attached hydrogens (tertiary/aromatic N) is 1. The standard InChI is InChI=1S/C14H20F2N2O3/c1-3-14(20,4-2)9-18-13(19)12-10(6-5-7-17-12)21-8-11(15)16/h5-7,11,20H,3-4,8-9H2,1-2H3,(H,18,19). The number of alkyl halides is 2. The number of carbonyl (C=O) groups is 1. The Kier molecular flexibility index (Phi) is 6.48. The van der Waals surface area contributed by atoms with Gasteiger partial charge in [-0.2, -0.15) is 0 Å². The molecule has 0 spiro atoms. The first-order valence-corrected chi connectivity index (χ1v) is 6.78. The van der Waals surface area contributed by atoms with E-state index in [2.05, 4.69) is 10.3 Å². The Morgan fingerprint density at radius 3 is 2.71 bits per heavy atom. The second-order valence-electron chi connectivity index (χ2n) is 4.67. The number of aliphatic hydroxyl groups is 1. The van der Waals surface area contributed by atoms with Gasteiger partial charge < -0.3 is 15.2 Å². The number of ether oxygens (including phenoxy) is 1. The Morgan fingerprint density at radius 2 is 2.14 bits per heavy atom. The Balaban J connectivity index is 2.74. The molecule has 1 aromatic heterocycles. The van der Waals surface area contributed by atoms with E-state index in [1.807, 2.05) is 13.8 Å². The van der Waals surface area contributed by atoms with Crippen LogP contribution in [0.5, 0.6) is 5.75 Å². The molecule has 7 heteroatoms. The molecule has 5 nitrogen and oxygen atoms in total. The predicted molar refractivity (Wildman–Crippen MR) is 73.6 cm³/mol. The van der Waals surface area contributed by atoms with Crippen LogP contribution >= 0.6 is 0 Å². The Bertz CT molecular complexity index is 465. The molecule has 0 fully saturated rings. The molecule has 1 aromatic rings. The number of hydrogen-bond donors (Lipinski definition) is 2. The van der Waals surface area contributed by atoms with E-state index in [1.54, 1.807) is 0 Å². The fraction of sp³-hybridized carbons (Fsp3) is 0.571. The molecular formula is C14H20F2N2O3. The van der Waals surface area contributed by atoms with E-state index in [4.69, 9.17) is 4.74 Å². The molecule has 0 aliphatic heterocycles. The second-order valence-corrected chi connectivity index (χ2v) is 4.67. The molecule has 0 saturated heterocycles. The van der Waals surface area contributed by atoms with Gasteiger partial charge in [-0.3, -0.25) is 4.79 Å². The predicted octanol–water partition coefficient (Wildman–Crippen LogP) is 2.01. The lowest BCUT2D eigenvalue weighted by Gasteiger charge is -2.25. The van der Waals surface area contributed by atoms with Crippen molar-refractivity contribution in [1.82, 2.24) is 10.3 Å². The highest BCUT2D eigenvalue weighted by Gasteiger charge is 2.24. The third kappa shape index (κ3) is 5.26. The molecule has 0 aliphatic carbocycles. The summed E-state index contributed by atoms with van der Waals surface area (Å²) in [4.78, 5) is 15.9. The van der Waals surface area contributed by atoms with Crippen molar-refractivity contribution < 1.29 is 23.4 Å². The minimum Gasteiger partial charge on any atom is -0.485 e. The van der Waals surface area contributed by atoms with E-state index < -0.39 is 24.5 Å². The number of hydrogen-bond acceptors (Lipinski definition) is 4. The fourth-order valence-corrected chi connectivity index (χ4v) is 1.66. The first kappa shape index (κ1) is 17.3. The number of carbonyl (C=O) groups excluding carboxylic acids is 1. The fourth-order valence-electron chi connectivity index (χ4n) is 1.66. The third-order valence-corrected chi connectivity index (χ3v) is 3.24. The van der Waals surface area contributed by atoms with Gasteiger partial charge in [-0.15, -0.1) is 0 Å². The second kappa shape index (κ2) is 7.87. The van der Waals surface area contributed by atoms with E-state index in [-0.39, 0.29) is 18.0 Å². The van der Waals surface area contributed by atoms with E-state index in [0.29, 0.717) is 12.8 Å². The summed E-state index contributed by atoms with van der Waals surface area (Å²) in [5, 5.41) is 12.7. The lowest BCUT2D eigenvalue weighted by atomic mass is 9.97. The van der Waals surface area contributed by atoms with Gasteiger partial charge in [-0.1, -0.05) is 13.8 Å². The highest BCUT2D eigenvalue weighted by Crippen LogP contribution is 2.17. The van der Waals surface area contributed by atoms with Gasteiger partial charge in [0.05, 0.1) is 5.60 Å². The average Bonchev–Trinajstić information content (AvgIpc) is 2.50. The van der Waals surface area contributed by atoms with E-state index >= 15 is 0 Å². The SMILES string of the molecule is CCC(O)(CC)CNC(=O)c1ncccc1OCC(F)F. The van der Waals surface area contributed by atoms with Crippen LogP contribution in [0.3, 0.4) is 0 Å². The molecule has 0 unspecified atom stereocenters. The first-order chi connectivity index (χ1) is 9.91. The molecule has 0 aliphatic rings. The van der Waals surface area contributed by atoms with E-state index in [9.17, 15) is 18.7 Å². The maximum atomic E-state index is 12.2. The molecule has 0 radical (unpaired) electrons. The topological polar surface area (TPSA) is 71.5 Å². The first-order valence-electron chi connectivity index (χ1n) is 6.78. The van der Waals surface area contributed by atoms with Crippen LogP contribution in [0.1, 0.15) is 37.2 Å². The molecule has 1 amide bonds. The van der Waals surface area contributed by atoms with Gasteiger partial charge in [0.1, 0.15) is 6.61 Å². The zero-order valence-corrected chi connectivity index (χ0v) is 12.1. The van der Waals surface area contributed by atoms with Crippen LogP contribution in [-0.4, -0.2) is 41.2 Å². The van der Waals surface area contributed by atoms with Crippen molar-refractivity contribution in [1.29, 1.82) is 0 Å². The Labute approximate surface area is 122 Å². The van der Waals surface area contributed by atoms with Gasteiger partial charge >= 0.3 is 0 Å². The highest BCUT2D eigenvalue weighted by atomic mass is 19.3. The van der Waals surface area contributed by atoms with Crippen LogP contribution in [0.4, 0.5) is 8.78 Å². The molecule has 1 rings (SSSR count). The monoisotopic (exact) mass is 302 g/mol. The smallest absolute Gasteiger partial charge is 0.273 e. The van der Waals surface area contributed by atoms with Crippen molar-refractivity contribution in [3.8, 4) is 5.75 Å². The summed E-state index contributed by atoms with van der Waals surface area (Å²) >= 11 is 0. The normalized spacial score (nSPS) is 11.5. The summed E-state index contributed by atoms with van der Waals surface area (Å²) in [5.74, 6) is -0.577. The lowest BCUT2D eigenvalue weighted by Crippen LogP contribution is -2.42. The number of pyridine rings is 1. The quantitative estimate of drug-likeness (QED) is 0.770. The minimum absolute atomic E-state index is 0.00756. The number of nitrogens with one attached hydrogen (secondary N) is 1. The van der Waals surface area contributed by atoms with Crippen molar-refractivity contribution in [2.45, 2.75) is 38.7 Å². The molecule has 2 N–H and O–H groups in total. The molecule has 21 heavy (non-hydrogen) atoms. The zero-order chi connectivity index (χ0) is 15.9. The van der Waals surface area contributed by atoms with Crippen molar-refractivity contribution in [2.75, 3.05) is 13.2 Å². The van der Waals surface area contributed by atoms with Gasteiger partial charge in [0.15, 0.2) is 11.4 Å². The van der Waals surface area contributed by atoms with Gasteiger partial charge in [-0.05, 0) is 25.0 Å². The summed E-state index contributed by atoms with van der Waals surface area (Å²) in [6, 6.07) is 2.89. The molecule has 0 aromatic carbocycles. The maximum Gasteiger partial charge on any atom is 0.273 e. The summed E-state index contributed by atoms with van der Waals surface area (Å²) in [5.41, 5.74) is -1.07. The molecule has 0 atom stereocenters. The number of rotatable bonds is 8. The average molecular weight is 302 g/mol. The number of aromatic nitrogens is 1. The third-order valence-electron chi connectivity index (χ3n) is 3.24. The molecular weight excluding hydrogens is 282 g/mol. The Morgan fingerprint density at radius 1 is 1.48 bits per heavy atom. The van der Waals surface area contributed by atoms with E-state index in [1.165, 1.54) is 18.3 Å². The molecule has 1 heterocycles. The van der Waals surface area contributed by atoms with Crippen LogP contribution in [-0.2, 0) is 0 Å². The summed E-state index contributed by atoms with van der Waals surface area (Å²) in [7, 11) is 0. The van der Waals surface area contributed by atoms with Crippen LogP contribution in [0.25, 0.3) is 0 Å². The molecule has 118 valence electrons. The van der Waals surface area contributed by atoms with E-state index in [0.717, 1.165) is 0 Å². The summed E-state index contributed by atoms with van der Waals surface area (Å²) < 4.78 is 29.2. The van der Waals surface area contributed by atoms with Crippen LogP contribution < -0.4 is 10.1 Å². The van der Waals surface area contributed by atoms with Crippen molar-refractivity contribution in [2.24, 2.45) is 0 Å². The van der Waals surface area contributed by atoms with Gasteiger partial charge in [0.2, 0.25) is 0 Å². The summed E-state index contributed by atoms with van der Waals surface area (Å²) in [6.07, 6.45) is -0.288. The van der Waals surface area contributed by atoms with Gasteiger partial charge in [-0.25, -0.2) is 13.8 Å².